The van der Waals surface area contributed by atoms with Crippen LogP contribution < -0.4 is 0 Å². The van der Waals surface area contributed by atoms with E-state index in [1.165, 1.54) is 0 Å². The molecule has 1 aliphatic heterocycles. The molecule has 1 aliphatic carbocycles. The Hall–Kier alpha value is -1.47. The Morgan fingerprint density at radius 3 is 2.35 bits per heavy atom. The van der Waals surface area contributed by atoms with Crippen molar-refractivity contribution < 1.29 is 28.6 Å². The van der Waals surface area contributed by atoms with Gasteiger partial charge in [-0.3, -0.25) is 14.5 Å². The molecule has 1 saturated heterocycles. The van der Waals surface area contributed by atoms with Crippen LogP contribution in [-0.4, -0.2) is 60.3 Å². The normalized spacial score (nSPS) is 25.8. The van der Waals surface area contributed by atoms with Crippen LogP contribution in [0, 0.1) is 5.92 Å². The Morgan fingerprint density at radius 1 is 1.19 bits per heavy atom. The van der Waals surface area contributed by atoms with Crippen molar-refractivity contribution in [2.75, 3.05) is 19.7 Å². The molecular formula is C19H31NO6. The van der Waals surface area contributed by atoms with Gasteiger partial charge in [0.1, 0.15) is 11.4 Å². The third kappa shape index (κ3) is 6.06. The second-order valence-corrected chi connectivity index (χ2v) is 8.01. The van der Waals surface area contributed by atoms with Gasteiger partial charge in [-0.1, -0.05) is 0 Å². The van der Waals surface area contributed by atoms with E-state index in [1.54, 1.807) is 11.8 Å². The molecule has 1 saturated carbocycles. The second-order valence-electron chi connectivity index (χ2n) is 8.01. The zero-order valence-corrected chi connectivity index (χ0v) is 16.3. The topological polar surface area (TPSA) is 82.1 Å². The van der Waals surface area contributed by atoms with Gasteiger partial charge in [-0.2, -0.15) is 0 Å². The predicted octanol–water partition coefficient (Wildman–Crippen LogP) is 2.07. The van der Waals surface area contributed by atoms with Gasteiger partial charge in [-0.15, -0.1) is 0 Å². The number of nitrogens with zero attached hydrogens (tertiary/aromatic N) is 1. The van der Waals surface area contributed by atoms with Gasteiger partial charge in [0.2, 0.25) is 6.23 Å². The van der Waals surface area contributed by atoms with Gasteiger partial charge < -0.3 is 14.2 Å². The van der Waals surface area contributed by atoms with Crippen LogP contribution in [0.4, 0.5) is 0 Å². The van der Waals surface area contributed by atoms with Crippen molar-refractivity contribution in [3.63, 3.8) is 0 Å². The number of hydrogen-bond donors (Lipinski definition) is 0. The molecule has 0 aromatic rings. The molecule has 2 fully saturated rings. The Balaban J connectivity index is 1.95. The van der Waals surface area contributed by atoms with E-state index in [1.807, 2.05) is 20.8 Å². The number of likely N-dealkylation sites (tertiary alicyclic amines) is 1. The van der Waals surface area contributed by atoms with Crippen LogP contribution in [0.15, 0.2) is 0 Å². The summed E-state index contributed by atoms with van der Waals surface area (Å²) in [7, 11) is 0. The number of ether oxygens (including phenoxy) is 3. The minimum atomic E-state index is -0.871. The van der Waals surface area contributed by atoms with E-state index in [9.17, 15) is 14.4 Å². The smallest absolute Gasteiger partial charge is 0.351 e. The van der Waals surface area contributed by atoms with Crippen LogP contribution >= 0.6 is 0 Å². The van der Waals surface area contributed by atoms with Gasteiger partial charge in [-0.05, 0) is 53.4 Å². The lowest BCUT2D eigenvalue weighted by Crippen LogP contribution is -2.47. The second kappa shape index (κ2) is 8.95. The number of rotatable bonds is 6. The molecule has 0 radical (unpaired) electrons. The molecule has 0 N–H and O–H groups in total. The van der Waals surface area contributed by atoms with Crippen molar-refractivity contribution in [3.05, 3.63) is 0 Å². The van der Waals surface area contributed by atoms with Crippen LogP contribution in [0.25, 0.3) is 0 Å². The van der Waals surface area contributed by atoms with Crippen LogP contribution in [0.1, 0.15) is 59.8 Å². The highest BCUT2D eigenvalue weighted by Crippen LogP contribution is 2.29. The van der Waals surface area contributed by atoms with Gasteiger partial charge in [0, 0.05) is 13.0 Å². The fourth-order valence-corrected chi connectivity index (χ4v) is 3.37. The minimum absolute atomic E-state index is 0.0943. The molecule has 1 atom stereocenters. The molecule has 2 aliphatic rings. The van der Waals surface area contributed by atoms with Crippen molar-refractivity contribution in [2.45, 2.75) is 77.7 Å². The quantitative estimate of drug-likeness (QED) is 0.663. The maximum atomic E-state index is 12.6. The van der Waals surface area contributed by atoms with E-state index >= 15 is 0 Å². The van der Waals surface area contributed by atoms with Gasteiger partial charge >= 0.3 is 11.9 Å². The number of Topliss-reactive ketones (excluding diaryl/α,β-unsaturated/α-hetero) is 1. The van der Waals surface area contributed by atoms with Crippen molar-refractivity contribution >= 4 is 17.7 Å². The van der Waals surface area contributed by atoms with Crippen molar-refractivity contribution in [1.82, 2.24) is 4.90 Å². The highest BCUT2D eigenvalue weighted by atomic mass is 16.6. The number of hydrogen-bond acceptors (Lipinski definition) is 7. The molecule has 2 rings (SSSR count). The molecule has 0 aromatic carbocycles. The van der Waals surface area contributed by atoms with Crippen LogP contribution in [-0.2, 0) is 28.6 Å². The zero-order valence-electron chi connectivity index (χ0n) is 16.3. The van der Waals surface area contributed by atoms with E-state index in [0.717, 1.165) is 0 Å². The first kappa shape index (κ1) is 20.8. The molecule has 148 valence electrons. The van der Waals surface area contributed by atoms with Crippen LogP contribution in [0.5, 0.6) is 0 Å². The molecule has 0 spiro atoms. The standard InChI is InChI=1S/C19H31NO6/c1-5-24-17(22)13-6-8-15(9-7-13)25-16(18(23)26-19(2,3)4)20-11-10-14(21)12-20/h13,15-16H,5-12H2,1-4H3. The summed E-state index contributed by atoms with van der Waals surface area (Å²) in [5.41, 5.74) is -0.621. The lowest BCUT2D eigenvalue weighted by molar-refractivity contribution is -0.190. The Labute approximate surface area is 155 Å². The summed E-state index contributed by atoms with van der Waals surface area (Å²) in [5, 5.41) is 0. The monoisotopic (exact) mass is 369 g/mol. The molecule has 7 heteroatoms. The maximum absolute atomic E-state index is 12.6. The number of esters is 2. The largest absolute Gasteiger partial charge is 0.466 e. The van der Waals surface area contributed by atoms with Crippen LogP contribution in [0.3, 0.4) is 0 Å². The third-order valence-corrected chi connectivity index (χ3v) is 4.61. The van der Waals surface area contributed by atoms with Gasteiger partial charge in [0.15, 0.2) is 0 Å². The van der Waals surface area contributed by atoms with Crippen molar-refractivity contribution in [1.29, 1.82) is 0 Å². The first-order valence-electron chi connectivity index (χ1n) is 9.50. The summed E-state index contributed by atoms with van der Waals surface area (Å²) < 4.78 is 16.6. The average Bonchev–Trinajstić information content (AvgIpc) is 2.97. The van der Waals surface area contributed by atoms with E-state index < -0.39 is 17.8 Å². The molecule has 0 amide bonds. The van der Waals surface area contributed by atoms with Crippen molar-refractivity contribution in [3.8, 4) is 0 Å². The molecule has 1 heterocycles. The highest BCUT2D eigenvalue weighted by molar-refractivity contribution is 5.84. The summed E-state index contributed by atoms with van der Waals surface area (Å²) in [6.45, 7) is 8.32. The SMILES string of the molecule is CCOC(=O)C1CCC(OC(C(=O)OC(C)(C)C)N2CCC(=O)C2)CC1. The van der Waals surface area contributed by atoms with Gasteiger partial charge in [0.05, 0.1) is 25.2 Å². The maximum Gasteiger partial charge on any atom is 0.351 e. The summed E-state index contributed by atoms with van der Waals surface area (Å²) in [4.78, 5) is 37.8. The number of carbonyl (C=O) groups is 3. The van der Waals surface area contributed by atoms with Crippen molar-refractivity contribution in [2.24, 2.45) is 5.92 Å². The lowest BCUT2D eigenvalue weighted by atomic mass is 9.87. The minimum Gasteiger partial charge on any atom is -0.466 e. The first-order chi connectivity index (χ1) is 12.2. The Bertz CT molecular complexity index is 519. The third-order valence-electron chi connectivity index (χ3n) is 4.61. The fraction of sp³-hybridized carbons (Fsp3) is 0.842. The summed E-state index contributed by atoms with van der Waals surface area (Å²) >= 11 is 0. The highest BCUT2D eigenvalue weighted by Gasteiger charge is 2.38. The number of ketones is 1. The van der Waals surface area contributed by atoms with Gasteiger partial charge in [-0.25, -0.2) is 4.79 Å². The predicted molar refractivity (Wildman–Crippen MR) is 94.3 cm³/mol. The molecule has 0 bridgehead atoms. The Kier molecular flexibility index (Phi) is 7.17. The van der Waals surface area contributed by atoms with Gasteiger partial charge in [0.25, 0.3) is 0 Å². The van der Waals surface area contributed by atoms with E-state index in [0.29, 0.717) is 45.3 Å². The summed E-state index contributed by atoms with van der Waals surface area (Å²) in [5.74, 6) is -0.601. The Morgan fingerprint density at radius 2 is 1.85 bits per heavy atom. The molecule has 1 unspecified atom stereocenters. The van der Waals surface area contributed by atoms with E-state index in [-0.39, 0.29) is 30.3 Å². The summed E-state index contributed by atoms with van der Waals surface area (Å²) in [6, 6.07) is 0. The average molecular weight is 369 g/mol. The van der Waals surface area contributed by atoms with Crippen LogP contribution in [0.2, 0.25) is 0 Å². The molecule has 7 nitrogen and oxygen atoms in total. The summed E-state index contributed by atoms with van der Waals surface area (Å²) in [6.07, 6.45) is 2.17. The van der Waals surface area contributed by atoms with E-state index in [4.69, 9.17) is 14.2 Å². The fourth-order valence-electron chi connectivity index (χ4n) is 3.37. The molecule has 26 heavy (non-hydrogen) atoms. The molecular weight excluding hydrogens is 338 g/mol. The molecule has 0 aromatic heterocycles. The first-order valence-corrected chi connectivity index (χ1v) is 9.50. The lowest BCUT2D eigenvalue weighted by Gasteiger charge is -2.34. The zero-order chi connectivity index (χ0) is 19.3. The van der Waals surface area contributed by atoms with E-state index in [2.05, 4.69) is 0 Å². The number of carbonyl (C=O) groups excluding carboxylic acids is 3.